The van der Waals surface area contributed by atoms with E-state index < -0.39 is 10.0 Å². The molecule has 0 spiro atoms. The molecule has 0 aromatic heterocycles. The molecule has 172 valence electrons. The van der Waals surface area contributed by atoms with Gasteiger partial charge in [-0.15, -0.1) is 0 Å². The van der Waals surface area contributed by atoms with Crippen molar-refractivity contribution in [3.63, 3.8) is 0 Å². The molecular formula is C27H41NO2S. The van der Waals surface area contributed by atoms with Crippen LogP contribution in [0.25, 0.3) is 0 Å². The molecule has 0 atom stereocenters. The second kappa shape index (κ2) is 9.77. The van der Waals surface area contributed by atoms with E-state index in [9.17, 15) is 8.42 Å². The molecule has 0 unspecified atom stereocenters. The van der Waals surface area contributed by atoms with Crippen molar-refractivity contribution in [1.29, 1.82) is 0 Å². The van der Waals surface area contributed by atoms with Gasteiger partial charge >= 0.3 is 0 Å². The van der Waals surface area contributed by atoms with E-state index in [2.05, 4.69) is 86.1 Å². The highest BCUT2D eigenvalue weighted by Gasteiger charge is 2.29. The van der Waals surface area contributed by atoms with Gasteiger partial charge in [0.25, 0.3) is 10.0 Å². The summed E-state index contributed by atoms with van der Waals surface area (Å²) in [6, 6.07) is 10.3. The number of para-hydroxylation sites is 1. The highest BCUT2D eigenvalue weighted by Crippen LogP contribution is 2.38. The standard InChI is InChI=1S/C27H41NO2S/c1-16(2)21-14-24(19(7)8)27(25(15-21)20(9)10)31(29,30)28-26-22(17(3)4)12-11-13-23(26)18(5)6/h11-20,28H,1-10H3. The monoisotopic (exact) mass is 443 g/mol. The number of rotatable bonds is 8. The zero-order valence-electron chi connectivity index (χ0n) is 21.0. The van der Waals surface area contributed by atoms with Crippen molar-refractivity contribution >= 4 is 15.7 Å². The van der Waals surface area contributed by atoms with Crippen LogP contribution >= 0.6 is 0 Å². The van der Waals surface area contributed by atoms with E-state index in [-0.39, 0.29) is 23.7 Å². The summed E-state index contributed by atoms with van der Waals surface area (Å²) in [7, 11) is -3.77. The van der Waals surface area contributed by atoms with Gasteiger partial charge in [-0.3, -0.25) is 4.72 Å². The van der Waals surface area contributed by atoms with Crippen LogP contribution in [0.1, 0.15) is 127 Å². The van der Waals surface area contributed by atoms with Crippen LogP contribution in [-0.4, -0.2) is 8.42 Å². The lowest BCUT2D eigenvalue weighted by Crippen LogP contribution is -2.21. The number of nitrogens with one attached hydrogen (secondary N) is 1. The lowest BCUT2D eigenvalue weighted by Gasteiger charge is -2.25. The van der Waals surface area contributed by atoms with Crippen LogP contribution in [0, 0.1) is 0 Å². The van der Waals surface area contributed by atoms with Crippen molar-refractivity contribution in [3.8, 4) is 0 Å². The molecule has 2 aromatic carbocycles. The third kappa shape index (κ3) is 5.52. The van der Waals surface area contributed by atoms with Crippen molar-refractivity contribution in [1.82, 2.24) is 0 Å². The molecule has 0 bridgehead atoms. The summed E-state index contributed by atoms with van der Waals surface area (Å²) in [5.74, 6) is 0.983. The molecule has 0 saturated carbocycles. The van der Waals surface area contributed by atoms with Crippen molar-refractivity contribution in [3.05, 3.63) is 58.1 Å². The van der Waals surface area contributed by atoms with Crippen LogP contribution in [-0.2, 0) is 10.0 Å². The molecule has 2 rings (SSSR count). The van der Waals surface area contributed by atoms with E-state index in [1.807, 2.05) is 18.2 Å². The Hall–Kier alpha value is -1.81. The summed E-state index contributed by atoms with van der Waals surface area (Å²) in [4.78, 5) is 0.454. The minimum absolute atomic E-state index is 0.104. The van der Waals surface area contributed by atoms with Gasteiger partial charge in [0, 0.05) is 0 Å². The fourth-order valence-corrected chi connectivity index (χ4v) is 5.87. The molecule has 0 radical (unpaired) electrons. The number of sulfonamides is 1. The molecule has 3 nitrogen and oxygen atoms in total. The molecular weight excluding hydrogens is 402 g/mol. The second-order valence-corrected chi connectivity index (χ2v) is 11.8. The first kappa shape index (κ1) is 25.5. The topological polar surface area (TPSA) is 46.2 Å². The Morgan fingerprint density at radius 3 is 1.32 bits per heavy atom. The third-order valence-corrected chi connectivity index (χ3v) is 7.44. The molecule has 0 amide bonds. The summed E-state index contributed by atoms with van der Waals surface area (Å²) in [6.07, 6.45) is 0. The van der Waals surface area contributed by atoms with Gasteiger partial charge in [-0.2, -0.15) is 0 Å². The first-order valence-electron chi connectivity index (χ1n) is 11.6. The van der Waals surface area contributed by atoms with Gasteiger partial charge < -0.3 is 0 Å². The van der Waals surface area contributed by atoms with Crippen LogP contribution in [0.4, 0.5) is 5.69 Å². The first-order valence-corrected chi connectivity index (χ1v) is 13.1. The van der Waals surface area contributed by atoms with E-state index in [0.717, 1.165) is 27.9 Å². The molecule has 0 fully saturated rings. The lowest BCUT2D eigenvalue weighted by atomic mass is 9.89. The average Bonchev–Trinajstić information content (AvgIpc) is 2.66. The molecule has 0 heterocycles. The van der Waals surface area contributed by atoms with Crippen LogP contribution in [0.15, 0.2) is 35.2 Å². The third-order valence-electron chi connectivity index (χ3n) is 5.96. The average molecular weight is 444 g/mol. The van der Waals surface area contributed by atoms with Gasteiger partial charge in [-0.25, -0.2) is 8.42 Å². The predicted octanol–water partition coefficient (Wildman–Crippen LogP) is 8.10. The van der Waals surface area contributed by atoms with E-state index in [1.54, 1.807) is 0 Å². The molecule has 0 aliphatic heterocycles. The maximum absolute atomic E-state index is 14.0. The van der Waals surface area contributed by atoms with Gasteiger partial charge in [0.2, 0.25) is 0 Å². The van der Waals surface area contributed by atoms with Crippen LogP contribution in [0.3, 0.4) is 0 Å². The number of anilines is 1. The van der Waals surface area contributed by atoms with Crippen molar-refractivity contribution in [2.75, 3.05) is 4.72 Å². The predicted molar refractivity (Wildman–Crippen MR) is 134 cm³/mol. The van der Waals surface area contributed by atoms with E-state index >= 15 is 0 Å². The Balaban J connectivity index is 2.81. The Labute approximate surface area is 190 Å². The molecule has 4 heteroatoms. The number of hydrogen-bond donors (Lipinski definition) is 1. The van der Waals surface area contributed by atoms with Gasteiger partial charge in [0.15, 0.2) is 0 Å². The fraction of sp³-hybridized carbons (Fsp3) is 0.556. The van der Waals surface area contributed by atoms with Gasteiger partial charge in [0.05, 0.1) is 10.6 Å². The van der Waals surface area contributed by atoms with Crippen molar-refractivity contribution in [2.45, 2.75) is 104 Å². The Kier molecular flexibility index (Phi) is 8.02. The SMILES string of the molecule is CC(C)c1cc(C(C)C)c(S(=O)(=O)Nc2c(C(C)C)cccc2C(C)C)c(C(C)C)c1. The Bertz CT molecular complexity index is 960. The summed E-state index contributed by atoms with van der Waals surface area (Å²) >= 11 is 0. The summed E-state index contributed by atoms with van der Waals surface area (Å²) in [5, 5.41) is 0. The first-order chi connectivity index (χ1) is 14.3. The second-order valence-electron chi connectivity index (χ2n) is 10.2. The maximum Gasteiger partial charge on any atom is 0.262 e. The lowest BCUT2D eigenvalue weighted by molar-refractivity contribution is 0.595. The zero-order chi connectivity index (χ0) is 23.7. The van der Waals surface area contributed by atoms with Crippen molar-refractivity contribution < 1.29 is 8.42 Å². The molecule has 1 N–H and O–H groups in total. The summed E-state index contributed by atoms with van der Waals surface area (Å²) in [6.45, 7) is 21.0. The normalized spacial score (nSPS) is 12.6. The van der Waals surface area contributed by atoms with Crippen LogP contribution in [0.5, 0.6) is 0 Å². The largest absolute Gasteiger partial charge is 0.279 e. The maximum atomic E-state index is 14.0. The van der Waals surface area contributed by atoms with E-state index in [4.69, 9.17) is 0 Å². The summed E-state index contributed by atoms with van der Waals surface area (Å²) < 4.78 is 31.0. The fourth-order valence-electron chi connectivity index (χ4n) is 4.05. The van der Waals surface area contributed by atoms with Gasteiger partial charge in [0.1, 0.15) is 0 Å². The van der Waals surface area contributed by atoms with Crippen LogP contribution in [0.2, 0.25) is 0 Å². The number of hydrogen-bond acceptors (Lipinski definition) is 2. The summed E-state index contributed by atoms with van der Waals surface area (Å²) in [5.41, 5.74) is 5.80. The van der Waals surface area contributed by atoms with Crippen LogP contribution < -0.4 is 4.72 Å². The van der Waals surface area contributed by atoms with E-state index in [1.165, 1.54) is 5.56 Å². The highest BCUT2D eigenvalue weighted by atomic mass is 32.2. The molecule has 0 saturated heterocycles. The zero-order valence-corrected chi connectivity index (χ0v) is 21.8. The smallest absolute Gasteiger partial charge is 0.262 e. The molecule has 2 aromatic rings. The molecule has 0 aliphatic carbocycles. The Morgan fingerprint density at radius 2 is 1.00 bits per heavy atom. The van der Waals surface area contributed by atoms with Crippen molar-refractivity contribution in [2.24, 2.45) is 0 Å². The van der Waals surface area contributed by atoms with Gasteiger partial charge in [-0.05, 0) is 57.4 Å². The molecule has 31 heavy (non-hydrogen) atoms. The van der Waals surface area contributed by atoms with E-state index in [0.29, 0.717) is 10.8 Å². The highest BCUT2D eigenvalue weighted by molar-refractivity contribution is 7.92. The minimum Gasteiger partial charge on any atom is -0.279 e. The minimum atomic E-state index is -3.77. The van der Waals surface area contributed by atoms with Gasteiger partial charge in [-0.1, -0.05) is 99.6 Å². The molecule has 0 aliphatic rings. The number of benzene rings is 2. The Morgan fingerprint density at radius 1 is 0.613 bits per heavy atom. The quantitative estimate of drug-likeness (QED) is 0.448.